The predicted octanol–water partition coefficient (Wildman–Crippen LogP) is 2.99. The molecular weight excluding hydrogens is 377 g/mol. The minimum absolute atomic E-state index is 0.000650. The lowest BCUT2D eigenvalue weighted by Gasteiger charge is -2.41. The second-order valence-corrected chi connectivity index (χ2v) is 6.48. The van der Waals surface area contributed by atoms with Gasteiger partial charge in [0.25, 0.3) is 0 Å². The molecule has 0 aliphatic carbocycles. The summed E-state index contributed by atoms with van der Waals surface area (Å²) in [5, 5.41) is 0. The fraction of sp³-hybridized carbons (Fsp3) is 0.467. The van der Waals surface area contributed by atoms with Crippen LogP contribution in [-0.2, 0) is 9.59 Å². The lowest BCUT2D eigenvalue weighted by molar-refractivity contribution is -0.192. The predicted molar refractivity (Wildman–Crippen MR) is 81.5 cm³/mol. The molecule has 1 aliphatic heterocycles. The average molecular weight is 393 g/mol. The molecule has 2 rings (SSSR count). The summed E-state index contributed by atoms with van der Waals surface area (Å²) >= 11 is 3.18. The maximum Gasteiger partial charge on any atom is 0.413 e. The van der Waals surface area contributed by atoms with Gasteiger partial charge in [-0.05, 0) is 17.7 Å². The molecule has 0 unspecified atom stereocenters. The van der Waals surface area contributed by atoms with Crippen molar-refractivity contribution in [2.24, 2.45) is 5.92 Å². The standard InChI is InChI=1S/C15H16BrF3N2O2/c1-9(22)21-7-11(8-21)14(23)20(2)13(15(17,18)19)10-3-5-12(16)6-4-10/h3-6,11,13H,7-8H2,1-2H3/t13-/m0/s1. The number of likely N-dealkylation sites (tertiary alicyclic amines) is 1. The van der Waals surface area contributed by atoms with Crippen LogP contribution >= 0.6 is 15.9 Å². The van der Waals surface area contributed by atoms with E-state index in [2.05, 4.69) is 15.9 Å². The van der Waals surface area contributed by atoms with Crippen LogP contribution in [0.4, 0.5) is 13.2 Å². The van der Waals surface area contributed by atoms with Crippen molar-refractivity contribution in [3.63, 3.8) is 0 Å². The Kier molecular flexibility index (Phi) is 5.03. The molecule has 126 valence electrons. The zero-order valence-corrected chi connectivity index (χ0v) is 14.2. The SMILES string of the molecule is CC(=O)N1CC(C(=O)N(C)[C@@H](c2ccc(Br)cc2)C(F)(F)F)C1. The summed E-state index contributed by atoms with van der Waals surface area (Å²) in [5.74, 6) is -1.37. The van der Waals surface area contributed by atoms with Gasteiger partial charge in [-0.15, -0.1) is 0 Å². The molecule has 2 amide bonds. The number of alkyl halides is 3. The summed E-state index contributed by atoms with van der Waals surface area (Å²) in [4.78, 5) is 25.6. The lowest BCUT2D eigenvalue weighted by atomic mass is 9.96. The van der Waals surface area contributed by atoms with Gasteiger partial charge in [0.05, 0.1) is 5.92 Å². The molecule has 1 aromatic carbocycles. The zero-order chi connectivity index (χ0) is 17.4. The number of carbonyl (C=O) groups is 2. The van der Waals surface area contributed by atoms with Gasteiger partial charge in [0, 0.05) is 31.5 Å². The Morgan fingerprint density at radius 1 is 1.26 bits per heavy atom. The van der Waals surface area contributed by atoms with Crippen LogP contribution in [-0.4, -0.2) is 47.9 Å². The largest absolute Gasteiger partial charge is 0.413 e. The Morgan fingerprint density at radius 2 is 1.78 bits per heavy atom. The summed E-state index contributed by atoms with van der Waals surface area (Å²) in [6.45, 7) is 1.71. The van der Waals surface area contributed by atoms with Gasteiger partial charge < -0.3 is 9.80 Å². The van der Waals surface area contributed by atoms with Crippen molar-refractivity contribution >= 4 is 27.7 Å². The first-order chi connectivity index (χ1) is 10.6. The van der Waals surface area contributed by atoms with Gasteiger partial charge in [-0.1, -0.05) is 28.1 Å². The Bertz CT molecular complexity index is 598. The maximum atomic E-state index is 13.4. The highest BCUT2D eigenvalue weighted by Crippen LogP contribution is 2.38. The summed E-state index contributed by atoms with van der Waals surface area (Å²) in [6, 6.07) is 3.69. The fourth-order valence-electron chi connectivity index (χ4n) is 2.58. The second kappa shape index (κ2) is 6.51. The molecule has 1 saturated heterocycles. The minimum Gasteiger partial charge on any atom is -0.341 e. The Hall–Kier alpha value is -1.57. The fourth-order valence-corrected chi connectivity index (χ4v) is 2.85. The van der Waals surface area contributed by atoms with Crippen molar-refractivity contribution in [1.29, 1.82) is 0 Å². The van der Waals surface area contributed by atoms with E-state index in [0.29, 0.717) is 4.47 Å². The molecule has 1 atom stereocenters. The first-order valence-electron chi connectivity index (χ1n) is 6.95. The van der Waals surface area contributed by atoms with Gasteiger partial charge in [-0.3, -0.25) is 9.59 Å². The highest BCUT2D eigenvalue weighted by molar-refractivity contribution is 9.10. The molecule has 0 radical (unpaired) electrons. The number of nitrogens with zero attached hydrogens (tertiary/aromatic N) is 2. The van der Waals surface area contributed by atoms with E-state index in [1.165, 1.54) is 36.1 Å². The minimum atomic E-state index is -4.58. The van der Waals surface area contributed by atoms with E-state index in [1.54, 1.807) is 0 Å². The van der Waals surface area contributed by atoms with Crippen LogP contribution in [0, 0.1) is 5.92 Å². The molecule has 1 heterocycles. The normalized spacial score (nSPS) is 16.7. The molecule has 1 aromatic rings. The number of amides is 2. The smallest absolute Gasteiger partial charge is 0.341 e. The summed E-state index contributed by atoms with van der Waals surface area (Å²) in [5.41, 5.74) is -0.000650. The molecule has 4 nitrogen and oxygen atoms in total. The van der Waals surface area contributed by atoms with Crippen LogP contribution < -0.4 is 0 Å². The first-order valence-corrected chi connectivity index (χ1v) is 7.75. The van der Waals surface area contributed by atoms with E-state index in [-0.39, 0.29) is 24.6 Å². The maximum absolute atomic E-state index is 13.4. The molecular formula is C15H16BrF3N2O2. The number of carbonyl (C=O) groups excluding carboxylic acids is 2. The molecule has 0 aromatic heterocycles. The number of benzene rings is 1. The van der Waals surface area contributed by atoms with E-state index >= 15 is 0 Å². The quantitative estimate of drug-likeness (QED) is 0.793. The van der Waals surface area contributed by atoms with Crippen molar-refractivity contribution in [2.45, 2.75) is 19.1 Å². The van der Waals surface area contributed by atoms with Crippen molar-refractivity contribution in [3.8, 4) is 0 Å². The summed E-state index contributed by atoms with van der Waals surface area (Å²) < 4.78 is 41.0. The molecule has 0 N–H and O–H groups in total. The first kappa shape index (κ1) is 17.8. The summed E-state index contributed by atoms with van der Waals surface area (Å²) in [6.07, 6.45) is -4.58. The van der Waals surface area contributed by atoms with E-state index in [4.69, 9.17) is 0 Å². The average Bonchev–Trinajstić information content (AvgIpc) is 2.37. The Labute approximate surface area is 140 Å². The van der Waals surface area contributed by atoms with Crippen LogP contribution in [0.5, 0.6) is 0 Å². The van der Waals surface area contributed by atoms with Crippen LogP contribution in [0.2, 0.25) is 0 Å². The monoisotopic (exact) mass is 392 g/mol. The van der Waals surface area contributed by atoms with Gasteiger partial charge in [0.15, 0.2) is 6.04 Å². The number of hydrogen-bond donors (Lipinski definition) is 0. The topological polar surface area (TPSA) is 40.6 Å². The van der Waals surface area contributed by atoms with Crippen LogP contribution in [0.15, 0.2) is 28.7 Å². The summed E-state index contributed by atoms with van der Waals surface area (Å²) in [7, 11) is 1.15. The van der Waals surface area contributed by atoms with E-state index in [0.717, 1.165) is 11.9 Å². The third kappa shape index (κ3) is 3.85. The van der Waals surface area contributed by atoms with E-state index in [9.17, 15) is 22.8 Å². The molecule has 0 bridgehead atoms. The molecule has 8 heteroatoms. The van der Waals surface area contributed by atoms with Crippen molar-refractivity contribution in [2.75, 3.05) is 20.1 Å². The molecule has 1 fully saturated rings. The van der Waals surface area contributed by atoms with Crippen LogP contribution in [0.1, 0.15) is 18.5 Å². The van der Waals surface area contributed by atoms with Gasteiger partial charge in [-0.2, -0.15) is 13.2 Å². The zero-order valence-electron chi connectivity index (χ0n) is 12.6. The Morgan fingerprint density at radius 3 is 2.22 bits per heavy atom. The third-order valence-electron chi connectivity index (χ3n) is 3.91. The lowest BCUT2D eigenvalue weighted by Crippen LogP contribution is -2.56. The van der Waals surface area contributed by atoms with Crippen LogP contribution in [0.25, 0.3) is 0 Å². The Balaban J connectivity index is 2.18. The highest BCUT2D eigenvalue weighted by atomic mass is 79.9. The van der Waals surface area contributed by atoms with Gasteiger partial charge in [0.1, 0.15) is 0 Å². The van der Waals surface area contributed by atoms with Crippen LogP contribution in [0.3, 0.4) is 0 Å². The van der Waals surface area contributed by atoms with Crippen molar-refractivity contribution in [3.05, 3.63) is 34.3 Å². The van der Waals surface area contributed by atoms with Crippen molar-refractivity contribution in [1.82, 2.24) is 9.80 Å². The number of halogens is 4. The van der Waals surface area contributed by atoms with Crippen molar-refractivity contribution < 1.29 is 22.8 Å². The number of rotatable bonds is 3. The highest BCUT2D eigenvalue weighted by Gasteiger charge is 2.47. The molecule has 0 saturated carbocycles. The van der Waals surface area contributed by atoms with E-state index < -0.39 is 24.0 Å². The molecule has 23 heavy (non-hydrogen) atoms. The number of hydrogen-bond acceptors (Lipinski definition) is 2. The molecule has 0 spiro atoms. The third-order valence-corrected chi connectivity index (χ3v) is 4.44. The molecule has 1 aliphatic rings. The second-order valence-electron chi connectivity index (χ2n) is 5.57. The van der Waals surface area contributed by atoms with Gasteiger partial charge in [0.2, 0.25) is 11.8 Å². The van der Waals surface area contributed by atoms with Gasteiger partial charge >= 0.3 is 6.18 Å². The van der Waals surface area contributed by atoms with E-state index in [1.807, 2.05) is 0 Å². The van der Waals surface area contributed by atoms with Gasteiger partial charge in [-0.25, -0.2) is 0 Å².